The highest BCUT2D eigenvalue weighted by atomic mass is 16.4. The average molecular weight is 286 g/mol. The van der Waals surface area contributed by atoms with Crippen LogP contribution in [0.3, 0.4) is 0 Å². The zero-order valence-corrected chi connectivity index (χ0v) is 11.1. The predicted molar refractivity (Wildman–Crippen MR) is 74.0 cm³/mol. The zero-order chi connectivity index (χ0) is 15.4. The topological polar surface area (TPSA) is 102 Å². The van der Waals surface area contributed by atoms with Crippen molar-refractivity contribution < 1.29 is 19.8 Å². The van der Waals surface area contributed by atoms with Gasteiger partial charge in [0.25, 0.3) is 0 Å². The minimum atomic E-state index is -1.13. The van der Waals surface area contributed by atoms with E-state index in [1.165, 1.54) is 12.2 Å². The molecule has 0 bridgehead atoms. The van der Waals surface area contributed by atoms with Gasteiger partial charge in [-0.1, -0.05) is 12.1 Å². The molecule has 0 aromatic heterocycles. The van der Waals surface area contributed by atoms with E-state index in [1.54, 1.807) is 24.3 Å². The molecule has 1 saturated heterocycles. The predicted octanol–water partition coefficient (Wildman–Crippen LogP) is 0.618. The summed E-state index contributed by atoms with van der Waals surface area (Å²) in [7, 11) is 0. The molecule has 6 heteroatoms. The zero-order valence-electron chi connectivity index (χ0n) is 11.1. The largest absolute Gasteiger partial charge is 0.480 e. The molecule has 0 radical (unpaired) electrons. The maximum atomic E-state index is 12.0. The summed E-state index contributed by atoms with van der Waals surface area (Å²) in [5.74, 6) is -1.60. The third-order valence-electron chi connectivity index (χ3n) is 3.28. The van der Waals surface area contributed by atoms with E-state index in [9.17, 15) is 14.7 Å². The molecule has 0 unspecified atom stereocenters. The Kier molecular flexibility index (Phi) is 4.36. The highest BCUT2D eigenvalue weighted by molar-refractivity contribution is 5.94. The van der Waals surface area contributed by atoms with Crippen molar-refractivity contribution in [1.82, 2.24) is 4.90 Å². The van der Waals surface area contributed by atoms with Crippen LogP contribution in [0.2, 0.25) is 0 Å². The van der Waals surface area contributed by atoms with Gasteiger partial charge in [-0.15, -0.1) is 0 Å². The quantitative estimate of drug-likeness (QED) is 0.793. The number of nitriles is 1. The van der Waals surface area contributed by atoms with Gasteiger partial charge in [-0.05, 0) is 23.8 Å². The van der Waals surface area contributed by atoms with E-state index in [4.69, 9.17) is 10.4 Å². The maximum absolute atomic E-state index is 12.0. The number of β-amino-alcohol motifs (C(OH)–C–C–N with tert-alkyl or cyclic N) is 1. The number of carbonyl (C=O) groups is 2. The van der Waals surface area contributed by atoms with Crippen LogP contribution in [0.15, 0.2) is 30.3 Å². The molecule has 21 heavy (non-hydrogen) atoms. The molecule has 0 saturated carbocycles. The molecule has 1 amide bonds. The highest BCUT2D eigenvalue weighted by Gasteiger charge is 2.37. The van der Waals surface area contributed by atoms with Crippen LogP contribution in [0.5, 0.6) is 0 Å². The fourth-order valence-electron chi connectivity index (χ4n) is 2.27. The second kappa shape index (κ2) is 6.20. The number of hydrogen-bond acceptors (Lipinski definition) is 4. The number of aliphatic hydroxyl groups is 1. The lowest BCUT2D eigenvalue weighted by molar-refractivity contribution is -0.146. The molecule has 0 aliphatic carbocycles. The molecule has 2 rings (SSSR count). The fourth-order valence-corrected chi connectivity index (χ4v) is 2.27. The molecule has 1 aliphatic heterocycles. The number of carboxylic acids is 1. The molecule has 6 nitrogen and oxygen atoms in total. The maximum Gasteiger partial charge on any atom is 0.326 e. The second-order valence-corrected chi connectivity index (χ2v) is 4.80. The van der Waals surface area contributed by atoms with Crippen molar-refractivity contribution in [2.45, 2.75) is 18.6 Å². The van der Waals surface area contributed by atoms with Gasteiger partial charge in [-0.25, -0.2) is 4.79 Å². The van der Waals surface area contributed by atoms with Crippen LogP contribution < -0.4 is 0 Å². The lowest BCUT2D eigenvalue weighted by atomic mass is 10.1. The first-order valence-corrected chi connectivity index (χ1v) is 6.41. The summed E-state index contributed by atoms with van der Waals surface area (Å²) in [5.41, 5.74) is 1.15. The van der Waals surface area contributed by atoms with E-state index in [0.717, 1.165) is 4.90 Å². The number of benzene rings is 1. The summed E-state index contributed by atoms with van der Waals surface area (Å²) in [4.78, 5) is 24.2. The van der Waals surface area contributed by atoms with Crippen LogP contribution in [0.4, 0.5) is 0 Å². The van der Waals surface area contributed by atoms with Crippen LogP contribution >= 0.6 is 0 Å². The monoisotopic (exact) mass is 286 g/mol. The molecule has 1 heterocycles. The van der Waals surface area contributed by atoms with Crippen molar-refractivity contribution in [3.05, 3.63) is 41.5 Å². The first kappa shape index (κ1) is 14.8. The van der Waals surface area contributed by atoms with Gasteiger partial charge in [0.05, 0.1) is 17.7 Å². The Morgan fingerprint density at radius 2 is 2.19 bits per heavy atom. The number of carboxylic acid groups (broad SMARTS) is 1. The molecule has 1 aromatic carbocycles. The first-order valence-electron chi connectivity index (χ1n) is 6.41. The highest BCUT2D eigenvalue weighted by Crippen LogP contribution is 2.19. The van der Waals surface area contributed by atoms with E-state index in [1.807, 2.05) is 6.07 Å². The van der Waals surface area contributed by atoms with Crippen molar-refractivity contribution in [3.63, 3.8) is 0 Å². The Hall–Kier alpha value is -2.65. The summed E-state index contributed by atoms with van der Waals surface area (Å²) in [5, 5.41) is 27.3. The fraction of sp³-hybridized carbons (Fsp3) is 0.267. The third-order valence-corrected chi connectivity index (χ3v) is 3.28. The molecular weight excluding hydrogens is 272 g/mol. The Morgan fingerprint density at radius 3 is 2.86 bits per heavy atom. The summed E-state index contributed by atoms with van der Waals surface area (Å²) in [6.45, 7) is 0.0123. The van der Waals surface area contributed by atoms with E-state index >= 15 is 0 Å². The smallest absolute Gasteiger partial charge is 0.326 e. The van der Waals surface area contributed by atoms with Gasteiger partial charge in [0.15, 0.2) is 0 Å². The Bertz CT molecular complexity index is 633. The number of aliphatic carboxylic acids is 1. The van der Waals surface area contributed by atoms with Crippen molar-refractivity contribution in [3.8, 4) is 6.07 Å². The minimum absolute atomic E-state index is 0.0123. The standard InChI is InChI=1S/C15H14N2O4/c16-8-11-3-1-2-10(6-11)4-5-14(19)17-9-12(18)7-13(17)15(20)21/h1-6,12-13,18H,7,9H2,(H,20,21)/t12-,13+/m1/s1. The van der Waals surface area contributed by atoms with Gasteiger partial charge in [-0.2, -0.15) is 5.26 Å². The van der Waals surface area contributed by atoms with Crippen LogP contribution in [0.1, 0.15) is 17.5 Å². The molecule has 108 valence electrons. The molecular formula is C15H14N2O4. The molecule has 1 aliphatic rings. The third kappa shape index (κ3) is 3.46. The van der Waals surface area contributed by atoms with Gasteiger partial charge in [0, 0.05) is 19.0 Å². The number of amides is 1. The Labute approximate surface area is 121 Å². The first-order chi connectivity index (χ1) is 10.0. The molecule has 2 atom stereocenters. The van der Waals surface area contributed by atoms with Crippen molar-refractivity contribution in [2.75, 3.05) is 6.54 Å². The van der Waals surface area contributed by atoms with Gasteiger partial charge in [0.1, 0.15) is 6.04 Å². The minimum Gasteiger partial charge on any atom is -0.480 e. The molecule has 1 aromatic rings. The normalized spacial score (nSPS) is 21.4. The summed E-state index contributed by atoms with van der Waals surface area (Å²) >= 11 is 0. The van der Waals surface area contributed by atoms with Crippen molar-refractivity contribution >= 4 is 18.0 Å². The second-order valence-electron chi connectivity index (χ2n) is 4.80. The van der Waals surface area contributed by atoms with E-state index in [0.29, 0.717) is 11.1 Å². The number of aliphatic hydroxyl groups excluding tert-OH is 1. The van der Waals surface area contributed by atoms with Crippen LogP contribution in [-0.2, 0) is 9.59 Å². The SMILES string of the molecule is N#Cc1cccc(C=CC(=O)N2C[C@H](O)C[C@H]2C(=O)O)c1. The van der Waals surface area contributed by atoms with Gasteiger partial charge >= 0.3 is 5.97 Å². The summed E-state index contributed by atoms with van der Waals surface area (Å²) in [6.07, 6.45) is 2.00. The van der Waals surface area contributed by atoms with Gasteiger partial charge in [-0.3, -0.25) is 4.79 Å². The molecule has 1 fully saturated rings. The van der Waals surface area contributed by atoms with Crippen LogP contribution in [0, 0.1) is 11.3 Å². The van der Waals surface area contributed by atoms with E-state index < -0.39 is 24.0 Å². The summed E-state index contributed by atoms with van der Waals surface area (Å²) < 4.78 is 0. The van der Waals surface area contributed by atoms with Gasteiger partial charge in [0.2, 0.25) is 5.91 Å². The molecule has 2 N–H and O–H groups in total. The number of hydrogen-bond donors (Lipinski definition) is 2. The van der Waals surface area contributed by atoms with Crippen LogP contribution in [0.25, 0.3) is 6.08 Å². The number of carbonyl (C=O) groups excluding carboxylic acids is 1. The summed E-state index contributed by atoms with van der Waals surface area (Å²) in [6, 6.07) is 7.70. The number of rotatable bonds is 3. The number of likely N-dealkylation sites (tertiary alicyclic amines) is 1. The average Bonchev–Trinajstić information content (AvgIpc) is 2.87. The van der Waals surface area contributed by atoms with Crippen molar-refractivity contribution in [2.24, 2.45) is 0 Å². The van der Waals surface area contributed by atoms with Crippen molar-refractivity contribution in [1.29, 1.82) is 5.26 Å². The van der Waals surface area contributed by atoms with E-state index in [2.05, 4.69) is 0 Å². The lowest BCUT2D eigenvalue weighted by Gasteiger charge is -2.19. The Morgan fingerprint density at radius 1 is 1.43 bits per heavy atom. The van der Waals surface area contributed by atoms with Crippen LogP contribution in [-0.4, -0.2) is 45.7 Å². The molecule has 0 spiro atoms. The number of nitrogens with zero attached hydrogens (tertiary/aromatic N) is 2. The lowest BCUT2D eigenvalue weighted by Crippen LogP contribution is -2.39. The van der Waals surface area contributed by atoms with E-state index in [-0.39, 0.29) is 13.0 Å². The Balaban J connectivity index is 2.11. The van der Waals surface area contributed by atoms with Gasteiger partial charge < -0.3 is 15.1 Å².